The lowest BCUT2D eigenvalue weighted by molar-refractivity contribution is -0.117. The van der Waals surface area contributed by atoms with E-state index in [2.05, 4.69) is 10.6 Å². The van der Waals surface area contributed by atoms with Gasteiger partial charge in [-0.1, -0.05) is 50.2 Å². The number of ketones is 1. The van der Waals surface area contributed by atoms with Crippen molar-refractivity contribution in [2.24, 2.45) is 5.92 Å². The van der Waals surface area contributed by atoms with Crippen LogP contribution in [0.4, 0.5) is 11.4 Å². The van der Waals surface area contributed by atoms with Crippen LogP contribution < -0.4 is 10.6 Å². The summed E-state index contributed by atoms with van der Waals surface area (Å²) in [4.78, 5) is 12.0. The van der Waals surface area contributed by atoms with E-state index in [1.807, 2.05) is 74.5 Å². The lowest BCUT2D eigenvalue weighted by Gasteiger charge is -2.14. The Morgan fingerprint density at radius 1 is 0.857 bits per heavy atom. The van der Waals surface area contributed by atoms with Crippen LogP contribution >= 0.6 is 0 Å². The summed E-state index contributed by atoms with van der Waals surface area (Å²) in [6.45, 7) is 3.78. The van der Waals surface area contributed by atoms with Gasteiger partial charge in [-0.2, -0.15) is 0 Å². The minimum Gasteiger partial charge on any atom is -0.342 e. The molecule has 3 heteroatoms. The van der Waals surface area contributed by atoms with E-state index >= 15 is 0 Å². The first kappa shape index (κ1) is 14.9. The zero-order chi connectivity index (χ0) is 15.1. The van der Waals surface area contributed by atoms with Crippen LogP contribution in [0, 0.1) is 5.92 Å². The summed E-state index contributed by atoms with van der Waals surface area (Å²) in [6, 6.07) is 19.6. The zero-order valence-corrected chi connectivity index (χ0v) is 12.3. The smallest absolute Gasteiger partial charge is 0.161 e. The lowest BCUT2D eigenvalue weighted by Crippen LogP contribution is -2.14. The summed E-state index contributed by atoms with van der Waals surface area (Å²) >= 11 is 0. The molecule has 0 fully saturated rings. The van der Waals surface area contributed by atoms with Gasteiger partial charge < -0.3 is 10.6 Å². The van der Waals surface area contributed by atoms with Gasteiger partial charge in [0.25, 0.3) is 0 Å². The molecule has 0 atom stereocenters. The topological polar surface area (TPSA) is 41.1 Å². The van der Waals surface area contributed by atoms with Crippen LogP contribution in [0.15, 0.2) is 72.6 Å². The van der Waals surface area contributed by atoms with Gasteiger partial charge in [0.05, 0.1) is 0 Å². The number of allylic oxidation sites excluding steroid dienone is 1. The van der Waals surface area contributed by atoms with E-state index in [0.717, 1.165) is 11.4 Å². The molecule has 0 saturated carbocycles. The number of carbonyl (C=O) groups excluding carboxylic acids is 1. The maximum absolute atomic E-state index is 12.0. The van der Waals surface area contributed by atoms with Crippen molar-refractivity contribution >= 4 is 17.2 Å². The van der Waals surface area contributed by atoms with E-state index in [9.17, 15) is 4.79 Å². The largest absolute Gasteiger partial charge is 0.342 e. The average molecular weight is 280 g/mol. The van der Waals surface area contributed by atoms with E-state index in [1.54, 1.807) is 6.08 Å². The Morgan fingerprint density at radius 3 is 1.67 bits per heavy atom. The number of hydrogen-bond acceptors (Lipinski definition) is 3. The first-order valence-electron chi connectivity index (χ1n) is 7.05. The third-order valence-electron chi connectivity index (χ3n) is 2.96. The Balaban J connectivity index is 2.20. The normalized spacial score (nSPS) is 10.0. The Hall–Kier alpha value is -2.55. The van der Waals surface area contributed by atoms with Crippen molar-refractivity contribution in [3.63, 3.8) is 0 Å². The van der Waals surface area contributed by atoms with Gasteiger partial charge in [-0.05, 0) is 24.3 Å². The third-order valence-corrected chi connectivity index (χ3v) is 2.96. The van der Waals surface area contributed by atoms with Gasteiger partial charge in [-0.25, -0.2) is 0 Å². The molecule has 0 aliphatic rings. The van der Waals surface area contributed by atoms with E-state index in [0.29, 0.717) is 5.82 Å². The number of benzene rings is 2. The number of hydrogen-bond donors (Lipinski definition) is 2. The molecule has 0 aromatic heterocycles. The SMILES string of the molecule is CC(C)C(=O)C=C(Nc1ccccc1)Nc1ccccc1. The van der Waals surface area contributed by atoms with Crippen LogP contribution in [0.25, 0.3) is 0 Å². The van der Waals surface area contributed by atoms with Gasteiger partial charge in [-0.15, -0.1) is 0 Å². The molecule has 21 heavy (non-hydrogen) atoms. The lowest BCUT2D eigenvalue weighted by atomic mass is 10.1. The molecular formula is C18H20N2O. The summed E-state index contributed by atoms with van der Waals surface area (Å²) in [7, 11) is 0. The minimum atomic E-state index is -0.0323. The predicted octanol–water partition coefficient (Wildman–Crippen LogP) is 4.28. The van der Waals surface area contributed by atoms with E-state index < -0.39 is 0 Å². The van der Waals surface area contributed by atoms with E-state index in [4.69, 9.17) is 0 Å². The fourth-order valence-electron chi connectivity index (χ4n) is 1.77. The van der Waals surface area contributed by atoms with Crippen molar-refractivity contribution in [1.82, 2.24) is 0 Å². The molecule has 0 heterocycles. The van der Waals surface area contributed by atoms with Gasteiger partial charge in [-0.3, -0.25) is 4.79 Å². The molecule has 0 aliphatic heterocycles. The summed E-state index contributed by atoms with van der Waals surface area (Å²) < 4.78 is 0. The second-order valence-corrected chi connectivity index (χ2v) is 5.10. The van der Waals surface area contributed by atoms with Gasteiger partial charge in [0.2, 0.25) is 0 Å². The number of rotatable bonds is 6. The van der Waals surface area contributed by atoms with Gasteiger partial charge >= 0.3 is 0 Å². The monoisotopic (exact) mass is 280 g/mol. The Kier molecular flexibility index (Phi) is 5.16. The highest BCUT2D eigenvalue weighted by atomic mass is 16.1. The maximum atomic E-state index is 12.0. The second-order valence-electron chi connectivity index (χ2n) is 5.10. The van der Waals surface area contributed by atoms with Crippen molar-refractivity contribution < 1.29 is 4.79 Å². The quantitative estimate of drug-likeness (QED) is 0.776. The van der Waals surface area contributed by atoms with Crippen LogP contribution in [0.2, 0.25) is 0 Å². The maximum Gasteiger partial charge on any atom is 0.161 e. The first-order chi connectivity index (χ1) is 10.1. The van der Waals surface area contributed by atoms with Crippen LogP contribution in [0.1, 0.15) is 13.8 Å². The molecule has 3 nitrogen and oxygen atoms in total. The molecule has 0 amide bonds. The Bertz CT molecular complexity index is 560. The highest BCUT2D eigenvalue weighted by Gasteiger charge is 2.07. The minimum absolute atomic E-state index is 0.0323. The molecule has 2 N–H and O–H groups in total. The first-order valence-corrected chi connectivity index (χ1v) is 7.05. The summed E-state index contributed by atoms with van der Waals surface area (Å²) in [5, 5.41) is 6.48. The highest BCUT2D eigenvalue weighted by Crippen LogP contribution is 2.14. The van der Waals surface area contributed by atoms with E-state index in [1.165, 1.54) is 0 Å². The standard InChI is InChI=1S/C18H20N2O/c1-14(2)17(21)13-18(19-15-9-5-3-6-10-15)20-16-11-7-4-8-12-16/h3-14,19-20H,1-2H3. The fourth-order valence-corrected chi connectivity index (χ4v) is 1.77. The van der Waals surface area contributed by atoms with Crippen LogP contribution in [-0.4, -0.2) is 5.78 Å². The molecule has 0 saturated heterocycles. The molecule has 2 aromatic carbocycles. The molecule has 0 bridgehead atoms. The zero-order valence-electron chi connectivity index (χ0n) is 12.3. The molecule has 2 rings (SSSR count). The summed E-state index contributed by atoms with van der Waals surface area (Å²) in [5.74, 6) is 0.720. The van der Waals surface area contributed by atoms with Crippen LogP contribution in [0.5, 0.6) is 0 Å². The predicted molar refractivity (Wildman–Crippen MR) is 88.1 cm³/mol. The summed E-state index contributed by atoms with van der Waals surface area (Å²) in [6.07, 6.45) is 1.62. The van der Waals surface area contributed by atoms with Crippen LogP contribution in [0.3, 0.4) is 0 Å². The number of carbonyl (C=O) groups is 1. The number of para-hydroxylation sites is 2. The third kappa shape index (κ3) is 4.80. The summed E-state index contributed by atoms with van der Waals surface area (Å²) in [5.41, 5.74) is 1.87. The van der Waals surface area contributed by atoms with Crippen molar-refractivity contribution in [2.45, 2.75) is 13.8 Å². The second kappa shape index (κ2) is 7.29. The molecule has 0 unspecified atom stereocenters. The van der Waals surface area contributed by atoms with Crippen LogP contribution in [-0.2, 0) is 4.79 Å². The molecule has 0 radical (unpaired) electrons. The van der Waals surface area contributed by atoms with Crippen molar-refractivity contribution in [2.75, 3.05) is 10.6 Å². The van der Waals surface area contributed by atoms with E-state index in [-0.39, 0.29) is 11.7 Å². The van der Waals surface area contributed by atoms with Gasteiger partial charge in [0.15, 0.2) is 5.78 Å². The molecule has 0 aliphatic carbocycles. The van der Waals surface area contributed by atoms with Crippen molar-refractivity contribution in [3.05, 3.63) is 72.6 Å². The molecule has 108 valence electrons. The molecule has 0 spiro atoms. The molecular weight excluding hydrogens is 260 g/mol. The van der Waals surface area contributed by atoms with Gasteiger partial charge in [0.1, 0.15) is 5.82 Å². The number of nitrogens with one attached hydrogen (secondary N) is 2. The number of anilines is 2. The van der Waals surface area contributed by atoms with Crippen molar-refractivity contribution in [3.8, 4) is 0 Å². The van der Waals surface area contributed by atoms with Gasteiger partial charge in [0, 0.05) is 23.4 Å². The Morgan fingerprint density at radius 2 is 1.29 bits per heavy atom. The fraction of sp³-hybridized carbons (Fsp3) is 0.167. The van der Waals surface area contributed by atoms with Crippen molar-refractivity contribution in [1.29, 1.82) is 0 Å². The average Bonchev–Trinajstić information content (AvgIpc) is 2.49. The Labute approximate surface area is 125 Å². The molecule has 2 aromatic rings. The highest BCUT2D eigenvalue weighted by molar-refractivity contribution is 5.92.